The van der Waals surface area contributed by atoms with Crippen LogP contribution in [0, 0.1) is 0 Å². The molecule has 1 atom stereocenters. The summed E-state index contributed by atoms with van der Waals surface area (Å²) in [5, 5.41) is 3.40. The molecule has 0 radical (unpaired) electrons. The molecule has 3 rings (SSSR count). The van der Waals surface area contributed by atoms with Gasteiger partial charge in [0.15, 0.2) is 0 Å². The topological polar surface area (TPSA) is 37.8 Å². The Balaban J connectivity index is 1.84. The minimum atomic E-state index is 0.460. The Kier molecular flexibility index (Phi) is 3.89. The molecule has 1 aromatic carbocycles. The summed E-state index contributed by atoms with van der Waals surface area (Å²) in [5.41, 5.74) is 2.19. The number of nitrogens with one attached hydrogen (secondary N) is 1. The van der Waals surface area contributed by atoms with Crippen LogP contribution in [-0.4, -0.2) is 23.1 Å². The molecule has 0 aliphatic carbocycles. The zero-order chi connectivity index (χ0) is 13.1. The van der Waals surface area contributed by atoms with Crippen LogP contribution < -0.4 is 5.32 Å². The van der Waals surface area contributed by atoms with Gasteiger partial charge in [-0.05, 0) is 31.0 Å². The van der Waals surface area contributed by atoms with Gasteiger partial charge in [-0.2, -0.15) is 0 Å². The molecule has 2 aromatic rings. The van der Waals surface area contributed by atoms with E-state index in [4.69, 9.17) is 0 Å². The SMILES string of the molecule is Brc1ccccc1-c1cnc(C2CCCNC2)nc1. The Morgan fingerprint density at radius 3 is 2.63 bits per heavy atom. The third kappa shape index (κ3) is 2.85. The van der Waals surface area contributed by atoms with Crippen LogP contribution in [0.25, 0.3) is 11.1 Å². The highest BCUT2D eigenvalue weighted by Crippen LogP contribution is 2.27. The van der Waals surface area contributed by atoms with Crippen LogP contribution in [-0.2, 0) is 0 Å². The molecule has 1 N–H and O–H groups in total. The van der Waals surface area contributed by atoms with Crippen LogP contribution in [0.15, 0.2) is 41.1 Å². The molecule has 2 heterocycles. The highest BCUT2D eigenvalue weighted by Gasteiger charge is 2.17. The fourth-order valence-electron chi connectivity index (χ4n) is 2.46. The van der Waals surface area contributed by atoms with Gasteiger partial charge in [-0.15, -0.1) is 0 Å². The first-order chi connectivity index (χ1) is 9.34. The number of halogens is 1. The zero-order valence-corrected chi connectivity index (χ0v) is 12.2. The molecular weight excluding hydrogens is 302 g/mol. The number of piperidine rings is 1. The van der Waals surface area contributed by atoms with Crippen molar-refractivity contribution >= 4 is 15.9 Å². The minimum Gasteiger partial charge on any atom is -0.316 e. The molecule has 1 fully saturated rings. The van der Waals surface area contributed by atoms with Crippen LogP contribution in [0.2, 0.25) is 0 Å². The van der Waals surface area contributed by atoms with Crippen molar-refractivity contribution in [1.82, 2.24) is 15.3 Å². The molecule has 3 nitrogen and oxygen atoms in total. The first-order valence-electron chi connectivity index (χ1n) is 6.62. The van der Waals surface area contributed by atoms with Crippen molar-refractivity contribution in [3.05, 3.63) is 47.0 Å². The molecule has 0 saturated carbocycles. The predicted octanol–water partition coefficient (Wildman–Crippen LogP) is 3.37. The molecule has 0 spiro atoms. The Hall–Kier alpha value is -1.26. The quantitative estimate of drug-likeness (QED) is 0.922. The Morgan fingerprint density at radius 2 is 1.95 bits per heavy atom. The lowest BCUT2D eigenvalue weighted by atomic mass is 9.99. The van der Waals surface area contributed by atoms with Crippen LogP contribution in [0.3, 0.4) is 0 Å². The zero-order valence-electron chi connectivity index (χ0n) is 10.6. The van der Waals surface area contributed by atoms with Crippen molar-refractivity contribution in [3.8, 4) is 11.1 Å². The van der Waals surface area contributed by atoms with Crippen LogP contribution >= 0.6 is 15.9 Å². The second kappa shape index (κ2) is 5.80. The third-order valence-corrected chi connectivity index (χ3v) is 4.21. The summed E-state index contributed by atoms with van der Waals surface area (Å²) in [6.45, 7) is 2.11. The molecule has 1 saturated heterocycles. The van der Waals surface area contributed by atoms with E-state index in [0.29, 0.717) is 5.92 Å². The second-order valence-electron chi connectivity index (χ2n) is 4.85. The van der Waals surface area contributed by atoms with Gasteiger partial charge in [0.1, 0.15) is 5.82 Å². The minimum absolute atomic E-state index is 0.460. The molecule has 4 heteroatoms. The summed E-state index contributed by atoms with van der Waals surface area (Å²) in [6, 6.07) is 8.15. The normalized spacial score (nSPS) is 19.3. The van der Waals surface area contributed by atoms with Gasteiger partial charge in [0.05, 0.1) is 0 Å². The predicted molar refractivity (Wildman–Crippen MR) is 80.0 cm³/mol. The highest BCUT2D eigenvalue weighted by atomic mass is 79.9. The Labute approximate surface area is 121 Å². The molecule has 0 bridgehead atoms. The molecule has 1 aliphatic rings. The van der Waals surface area contributed by atoms with E-state index in [9.17, 15) is 0 Å². The number of nitrogens with zero attached hydrogens (tertiary/aromatic N) is 2. The largest absolute Gasteiger partial charge is 0.316 e. The fraction of sp³-hybridized carbons (Fsp3) is 0.333. The maximum atomic E-state index is 4.55. The standard InChI is InChI=1S/C15H16BrN3/c16-14-6-2-1-5-13(14)12-9-18-15(19-10-12)11-4-3-7-17-8-11/h1-2,5-6,9-11,17H,3-4,7-8H2. The third-order valence-electron chi connectivity index (χ3n) is 3.52. The van der Waals surface area contributed by atoms with E-state index in [1.54, 1.807) is 0 Å². The summed E-state index contributed by atoms with van der Waals surface area (Å²) < 4.78 is 1.07. The smallest absolute Gasteiger partial charge is 0.132 e. The van der Waals surface area contributed by atoms with Crippen molar-refractivity contribution in [2.75, 3.05) is 13.1 Å². The lowest BCUT2D eigenvalue weighted by molar-refractivity contribution is 0.446. The van der Waals surface area contributed by atoms with E-state index in [0.717, 1.165) is 34.5 Å². The molecule has 1 aliphatic heterocycles. The van der Waals surface area contributed by atoms with E-state index >= 15 is 0 Å². The van der Waals surface area contributed by atoms with E-state index in [-0.39, 0.29) is 0 Å². The number of aromatic nitrogens is 2. The molecule has 1 aromatic heterocycles. The van der Waals surface area contributed by atoms with Crippen molar-refractivity contribution in [2.24, 2.45) is 0 Å². The van der Waals surface area contributed by atoms with Gasteiger partial charge in [0.2, 0.25) is 0 Å². The van der Waals surface area contributed by atoms with Gasteiger partial charge in [-0.3, -0.25) is 0 Å². The van der Waals surface area contributed by atoms with Crippen molar-refractivity contribution in [1.29, 1.82) is 0 Å². The van der Waals surface area contributed by atoms with Crippen molar-refractivity contribution < 1.29 is 0 Å². The lowest BCUT2D eigenvalue weighted by Gasteiger charge is -2.21. The summed E-state index contributed by atoms with van der Waals surface area (Å²) in [7, 11) is 0. The van der Waals surface area contributed by atoms with E-state index < -0.39 is 0 Å². The van der Waals surface area contributed by atoms with Crippen LogP contribution in [0.4, 0.5) is 0 Å². The van der Waals surface area contributed by atoms with Gasteiger partial charge in [0.25, 0.3) is 0 Å². The molecule has 98 valence electrons. The summed E-state index contributed by atoms with van der Waals surface area (Å²) >= 11 is 3.56. The average Bonchev–Trinajstić information content (AvgIpc) is 2.49. The summed E-state index contributed by atoms with van der Waals surface area (Å²) in [6.07, 6.45) is 6.25. The van der Waals surface area contributed by atoms with Gasteiger partial charge in [-0.25, -0.2) is 9.97 Å². The molecule has 19 heavy (non-hydrogen) atoms. The Bertz CT molecular complexity index is 548. The molecule has 1 unspecified atom stereocenters. The lowest BCUT2D eigenvalue weighted by Crippen LogP contribution is -2.29. The van der Waals surface area contributed by atoms with E-state index in [1.165, 1.54) is 12.8 Å². The first kappa shape index (κ1) is 12.8. The van der Waals surface area contributed by atoms with Crippen molar-refractivity contribution in [3.63, 3.8) is 0 Å². The maximum absolute atomic E-state index is 4.55. The van der Waals surface area contributed by atoms with Gasteiger partial charge >= 0.3 is 0 Å². The number of hydrogen-bond acceptors (Lipinski definition) is 3. The van der Waals surface area contributed by atoms with Gasteiger partial charge < -0.3 is 5.32 Å². The van der Waals surface area contributed by atoms with Crippen LogP contribution in [0.1, 0.15) is 24.6 Å². The van der Waals surface area contributed by atoms with Crippen LogP contribution in [0.5, 0.6) is 0 Å². The second-order valence-corrected chi connectivity index (χ2v) is 5.71. The average molecular weight is 318 g/mol. The van der Waals surface area contributed by atoms with Gasteiger partial charge in [0, 0.05) is 34.9 Å². The number of rotatable bonds is 2. The molecule has 0 amide bonds. The number of hydrogen-bond donors (Lipinski definition) is 1. The summed E-state index contributed by atoms with van der Waals surface area (Å²) in [5.74, 6) is 1.42. The first-order valence-corrected chi connectivity index (χ1v) is 7.41. The van der Waals surface area contributed by atoms with Gasteiger partial charge in [-0.1, -0.05) is 34.1 Å². The van der Waals surface area contributed by atoms with E-state index in [1.807, 2.05) is 30.6 Å². The monoisotopic (exact) mass is 317 g/mol. The van der Waals surface area contributed by atoms with E-state index in [2.05, 4.69) is 37.3 Å². The van der Waals surface area contributed by atoms with Crippen molar-refractivity contribution in [2.45, 2.75) is 18.8 Å². The Morgan fingerprint density at radius 1 is 1.16 bits per heavy atom. The maximum Gasteiger partial charge on any atom is 0.132 e. The molecular formula is C15H16BrN3. The number of benzene rings is 1. The summed E-state index contributed by atoms with van der Waals surface area (Å²) in [4.78, 5) is 9.10. The fourth-order valence-corrected chi connectivity index (χ4v) is 2.97. The highest BCUT2D eigenvalue weighted by molar-refractivity contribution is 9.10.